The molecule has 3 aromatic heterocycles. The van der Waals surface area contributed by atoms with Gasteiger partial charge in [-0.1, -0.05) is 0 Å². The van der Waals surface area contributed by atoms with E-state index in [4.69, 9.17) is 8.83 Å². The molecular weight excluding hydrogens is 270 g/mol. The first-order valence-electron chi connectivity index (χ1n) is 6.80. The van der Waals surface area contributed by atoms with E-state index < -0.39 is 0 Å². The second-order valence-corrected chi connectivity index (χ2v) is 4.94. The summed E-state index contributed by atoms with van der Waals surface area (Å²) in [5, 5.41) is 15.5. The van der Waals surface area contributed by atoms with E-state index in [0.29, 0.717) is 24.1 Å². The minimum absolute atomic E-state index is 0.241. The summed E-state index contributed by atoms with van der Waals surface area (Å²) >= 11 is 0. The molecule has 0 aliphatic carbocycles. The van der Waals surface area contributed by atoms with E-state index in [2.05, 4.69) is 27.5 Å². The third-order valence-corrected chi connectivity index (χ3v) is 3.15. The van der Waals surface area contributed by atoms with Gasteiger partial charge < -0.3 is 14.2 Å². The first kappa shape index (κ1) is 13.6. The van der Waals surface area contributed by atoms with Crippen LogP contribution in [0.4, 0.5) is 0 Å². The number of furan rings is 1. The smallest absolute Gasteiger partial charge is 0.283 e. The van der Waals surface area contributed by atoms with Crippen LogP contribution in [0.1, 0.15) is 18.4 Å². The number of hydrogen-bond acceptors (Lipinski definition) is 6. The standard InChI is InChI=1S/C14H17N5O2/c1-10-4-7-20-13(10)14-18-17-12(21-14)8-15-11(2)9-19-6-3-5-16-19/h3-7,11,15H,8-9H2,1-2H3/t11-/m1/s1. The predicted molar refractivity (Wildman–Crippen MR) is 75.3 cm³/mol. The molecule has 3 rings (SSSR count). The first-order valence-corrected chi connectivity index (χ1v) is 6.80. The molecule has 3 aromatic rings. The van der Waals surface area contributed by atoms with E-state index in [9.17, 15) is 0 Å². The fourth-order valence-electron chi connectivity index (χ4n) is 2.02. The van der Waals surface area contributed by atoms with Gasteiger partial charge in [-0.3, -0.25) is 4.68 Å². The van der Waals surface area contributed by atoms with Crippen molar-refractivity contribution >= 4 is 0 Å². The van der Waals surface area contributed by atoms with Crippen molar-refractivity contribution in [2.45, 2.75) is 33.0 Å². The number of nitrogens with zero attached hydrogens (tertiary/aromatic N) is 4. The molecule has 0 spiro atoms. The van der Waals surface area contributed by atoms with E-state index in [-0.39, 0.29) is 6.04 Å². The van der Waals surface area contributed by atoms with Gasteiger partial charge in [-0.05, 0) is 26.0 Å². The van der Waals surface area contributed by atoms with Crippen LogP contribution < -0.4 is 5.32 Å². The van der Waals surface area contributed by atoms with Crippen molar-refractivity contribution in [1.82, 2.24) is 25.3 Å². The Labute approximate surface area is 122 Å². The maximum Gasteiger partial charge on any atom is 0.283 e. The summed E-state index contributed by atoms with van der Waals surface area (Å²) in [5.41, 5.74) is 0.977. The van der Waals surface area contributed by atoms with Crippen molar-refractivity contribution in [2.75, 3.05) is 0 Å². The van der Waals surface area contributed by atoms with Crippen molar-refractivity contribution in [1.29, 1.82) is 0 Å². The van der Waals surface area contributed by atoms with Crippen molar-refractivity contribution in [2.24, 2.45) is 0 Å². The van der Waals surface area contributed by atoms with Crippen LogP contribution >= 0.6 is 0 Å². The van der Waals surface area contributed by atoms with Gasteiger partial charge in [0.15, 0.2) is 5.76 Å². The topological polar surface area (TPSA) is 81.9 Å². The summed E-state index contributed by atoms with van der Waals surface area (Å²) in [6.45, 7) is 5.31. The van der Waals surface area contributed by atoms with Gasteiger partial charge in [0.25, 0.3) is 5.89 Å². The Morgan fingerprint density at radius 2 is 2.29 bits per heavy atom. The second kappa shape index (κ2) is 5.92. The average Bonchev–Trinajstić information content (AvgIpc) is 3.17. The lowest BCUT2D eigenvalue weighted by molar-refractivity contribution is 0.407. The summed E-state index contributed by atoms with van der Waals surface area (Å²) in [4.78, 5) is 0. The third-order valence-electron chi connectivity index (χ3n) is 3.15. The average molecular weight is 287 g/mol. The number of aryl methyl sites for hydroxylation is 1. The monoisotopic (exact) mass is 287 g/mol. The molecule has 0 aromatic carbocycles. The molecule has 0 amide bonds. The fraction of sp³-hybridized carbons (Fsp3) is 0.357. The maximum atomic E-state index is 5.59. The molecule has 0 saturated heterocycles. The van der Waals surface area contributed by atoms with Crippen molar-refractivity contribution in [3.8, 4) is 11.7 Å². The van der Waals surface area contributed by atoms with Gasteiger partial charge in [-0.25, -0.2) is 0 Å². The molecule has 0 aliphatic heterocycles. The van der Waals surface area contributed by atoms with Crippen molar-refractivity contribution < 1.29 is 8.83 Å². The Hall–Kier alpha value is -2.41. The van der Waals surface area contributed by atoms with E-state index >= 15 is 0 Å². The van der Waals surface area contributed by atoms with Crippen LogP contribution in [-0.4, -0.2) is 26.0 Å². The molecule has 0 radical (unpaired) electrons. The largest absolute Gasteiger partial charge is 0.459 e. The highest BCUT2D eigenvalue weighted by molar-refractivity contribution is 5.49. The first-order chi connectivity index (χ1) is 10.2. The molecule has 7 nitrogen and oxygen atoms in total. The quantitative estimate of drug-likeness (QED) is 0.747. The normalized spacial score (nSPS) is 12.7. The van der Waals surface area contributed by atoms with Crippen LogP contribution in [0.25, 0.3) is 11.7 Å². The summed E-state index contributed by atoms with van der Waals surface area (Å²) < 4.78 is 12.8. The fourth-order valence-corrected chi connectivity index (χ4v) is 2.02. The summed E-state index contributed by atoms with van der Waals surface area (Å²) in [7, 11) is 0. The van der Waals surface area contributed by atoms with Crippen molar-refractivity contribution in [3.63, 3.8) is 0 Å². The number of rotatable bonds is 6. The minimum atomic E-state index is 0.241. The Kier molecular flexibility index (Phi) is 3.83. The molecule has 1 N–H and O–H groups in total. The van der Waals surface area contributed by atoms with Crippen LogP contribution in [-0.2, 0) is 13.1 Å². The molecule has 0 aliphatic rings. The van der Waals surface area contributed by atoms with Crippen LogP contribution in [0.15, 0.2) is 39.6 Å². The Balaban J connectivity index is 1.56. The molecule has 21 heavy (non-hydrogen) atoms. The van der Waals surface area contributed by atoms with Crippen LogP contribution in [0.3, 0.4) is 0 Å². The zero-order valence-electron chi connectivity index (χ0n) is 12.0. The molecule has 110 valence electrons. The molecule has 1 atom stereocenters. The lowest BCUT2D eigenvalue weighted by Crippen LogP contribution is -2.30. The molecule has 0 fully saturated rings. The summed E-state index contributed by atoms with van der Waals surface area (Å²) in [6.07, 6.45) is 5.31. The molecule has 3 heterocycles. The van der Waals surface area contributed by atoms with Gasteiger partial charge in [0.05, 0.1) is 19.4 Å². The minimum Gasteiger partial charge on any atom is -0.459 e. The highest BCUT2D eigenvalue weighted by Gasteiger charge is 2.14. The number of aromatic nitrogens is 4. The molecule has 7 heteroatoms. The third kappa shape index (κ3) is 3.19. The summed E-state index contributed by atoms with van der Waals surface area (Å²) in [6, 6.07) is 4.01. The maximum absolute atomic E-state index is 5.59. The van der Waals surface area contributed by atoms with Crippen molar-refractivity contribution in [3.05, 3.63) is 42.2 Å². The van der Waals surface area contributed by atoms with E-state index in [0.717, 1.165) is 12.1 Å². The Morgan fingerprint density at radius 3 is 3.00 bits per heavy atom. The van der Waals surface area contributed by atoms with E-state index in [1.54, 1.807) is 12.5 Å². The predicted octanol–water partition coefficient (Wildman–Crippen LogP) is 2.01. The van der Waals surface area contributed by atoms with Crippen LogP contribution in [0, 0.1) is 6.92 Å². The number of hydrogen-bond donors (Lipinski definition) is 1. The Morgan fingerprint density at radius 1 is 1.38 bits per heavy atom. The summed E-state index contributed by atoms with van der Waals surface area (Å²) in [5.74, 6) is 1.57. The van der Waals surface area contributed by atoms with Gasteiger partial charge >= 0.3 is 0 Å². The van der Waals surface area contributed by atoms with Crippen LogP contribution in [0.5, 0.6) is 0 Å². The second-order valence-electron chi connectivity index (χ2n) is 4.94. The molecule has 0 bridgehead atoms. The Bertz CT molecular complexity index is 686. The van der Waals surface area contributed by atoms with Gasteiger partial charge in [-0.2, -0.15) is 5.10 Å². The number of nitrogens with one attached hydrogen (secondary N) is 1. The lowest BCUT2D eigenvalue weighted by Gasteiger charge is -2.11. The zero-order chi connectivity index (χ0) is 14.7. The van der Waals surface area contributed by atoms with E-state index in [1.165, 1.54) is 0 Å². The lowest BCUT2D eigenvalue weighted by atomic mass is 10.3. The molecular formula is C14H17N5O2. The van der Waals surface area contributed by atoms with Gasteiger partial charge in [-0.15, -0.1) is 10.2 Å². The van der Waals surface area contributed by atoms with Crippen LogP contribution in [0.2, 0.25) is 0 Å². The van der Waals surface area contributed by atoms with Gasteiger partial charge in [0, 0.05) is 24.0 Å². The van der Waals surface area contributed by atoms with Gasteiger partial charge in [0.2, 0.25) is 5.89 Å². The van der Waals surface area contributed by atoms with E-state index in [1.807, 2.05) is 29.9 Å². The van der Waals surface area contributed by atoms with Gasteiger partial charge in [0.1, 0.15) is 0 Å². The highest BCUT2D eigenvalue weighted by Crippen LogP contribution is 2.22. The molecule has 0 unspecified atom stereocenters. The SMILES string of the molecule is Cc1ccoc1-c1nnc(CN[C@H](C)Cn2cccn2)o1. The zero-order valence-corrected chi connectivity index (χ0v) is 12.0. The molecule has 0 saturated carbocycles. The highest BCUT2D eigenvalue weighted by atomic mass is 16.4.